The topological polar surface area (TPSA) is 30.5 Å². The number of nitrogens with one attached hydrogen (secondary N) is 1. The van der Waals surface area contributed by atoms with Crippen LogP contribution >= 0.6 is 32.9 Å². The fourth-order valence-corrected chi connectivity index (χ4v) is 2.50. The van der Waals surface area contributed by atoms with Gasteiger partial charge in [-0.1, -0.05) is 34.1 Å². The number of ether oxygens (including phenoxy) is 2. The standard InChI is InChI=1S/C15H14BrNO2.BrH/c16-13-3-1-2-11(6-13)8-17-9-12-4-5-14-15(7-12)19-10-18-14;/h1-7,17H,8-10H2;1H. The van der Waals surface area contributed by atoms with Gasteiger partial charge in [0.2, 0.25) is 6.79 Å². The van der Waals surface area contributed by atoms with E-state index in [9.17, 15) is 0 Å². The molecule has 1 heterocycles. The smallest absolute Gasteiger partial charge is 0.231 e. The molecule has 0 bridgehead atoms. The van der Waals surface area contributed by atoms with E-state index in [-0.39, 0.29) is 17.0 Å². The first kappa shape index (κ1) is 15.4. The number of fused-ring (bicyclic) bond motifs is 1. The van der Waals surface area contributed by atoms with E-state index in [1.54, 1.807) is 0 Å². The Bertz CT molecular complexity index is 590. The van der Waals surface area contributed by atoms with E-state index in [0.29, 0.717) is 6.79 Å². The fraction of sp³-hybridized carbons (Fsp3) is 0.200. The molecular formula is C15H15Br2NO2. The molecule has 5 heteroatoms. The van der Waals surface area contributed by atoms with Gasteiger partial charge < -0.3 is 14.8 Å². The Morgan fingerprint density at radius 2 is 1.70 bits per heavy atom. The molecule has 3 nitrogen and oxygen atoms in total. The Morgan fingerprint density at radius 1 is 0.950 bits per heavy atom. The minimum Gasteiger partial charge on any atom is -0.454 e. The number of hydrogen-bond acceptors (Lipinski definition) is 3. The van der Waals surface area contributed by atoms with Crippen LogP contribution in [0.2, 0.25) is 0 Å². The van der Waals surface area contributed by atoms with Crippen LogP contribution in [-0.4, -0.2) is 6.79 Å². The Morgan fingerprint density at radius 3 is 2.50 bits per heavy atom. The maximum Gasteiger partial charge on any atom is 0.231 e. The highest BCUT2D eigenvalue weighted by Crippen LogP contribution is 2.32. The van der Waals surface area contributed by atoms with Crippen molar-refractivity contribution in [3.05, 3.63) is 58.1 Å². The van der Waals surface area contributed by atoms with Gasteiger partial charge in [-0.2, -0.15) is 0 Å². The number of halogens is 2. The molecule has 2 aromatic rings. The van der Waals surface area contributed by atoms with Crippen LogP contribution in [0.4, 0.5) is 0 Å². The Labute approximate surface area is 137 Å². The molecular weight excluding hydrogens is 386 g/mol. The van der Waals surface area contributed by atoms with E-state index < -0.39 is 0 Å². The third kappa shape index (κ3) is 3.75. The zero-order valence-corrected chi connectivity index (χ0v) is 14.1. The van der Waals surface area contributed by atoms with Crippen molar-refractivity contribution in [1.29, 1.82) is 0 Å². The molecule has 0 aromatic heterocycles. The van der Waals surface area contributed by atoms with Gasteiger partial charge >= 0.3 is 0 Å². The molecule has 0 amide bonds. The summed E-state index contributed by atoms with van der Waals surface area (Å²) < 4.78 is 11.8. The monoisotopic (exact) mass is 399 g/mol. The van der Waals surface area contributed by atoms with Crippen molar-refractivity contribution < 1.29 is 9.47 Å². The highest BCUT2D eigenvalue weighted by molar-refractivity contribution is 9.10. The van der Waals surface area contributed by atoms with Crippen LogP contribution in [0.25, 0.3) is 0 Å². The molecule has 0 fully saturated rings. The van der Waals surface area contributed by atoms with E-state index >= 15 is 0 Å². The predicted molar refractivity (Wildman–Crippen MR) is 87.6 cm³/mol. The lowest BCUT2D eigenvalue weighted by atomic mass is 10.2. The van der Waals surface area contributed by atoms with Crippen LogP contribution in [0, 0.1) is 0 Å². The van der Waals surface area contributed by atoms with Crippen molar-refractivity contribution in [3.63, 3.8) is 0 Å². The molecule has 20 heavy (non-hydrogen) atoms. The SMILES string of the molecule is Br.Brc1cccc(CNCc2ccc3c(c2)OCO3)c1. The molecule has 0 radical (unpaired) electrons. The van der Waals surface area contributed by atoms with Crippen LogP contribution in [0.1, 0.15) is 11.1 Å². The Kier molecular flexibility index (Phi) is 5.46. The number of hydrogen-bond donors (Lipinski definition) is 1. The van der Waals surface area contributed by atoms with Crippen molar-refractivity contribution >= 4 is 32.9 Å². The summed E-state index contributed by atoms with van der Waals surface area (Å²) in [6.07, 6.45) is 0. The first-order chi connectivity index (χ1) is 9.31. The van der Waals surface area contributed by atoms with Gasteiger partial charge in [-0.3, -0.25) is 0 Å². The summed E-state index contributed by atoms with van der Waals surface area (Å²) in [5, 5.41) is 3.42. The van der Waals surface area contributed by atoms with Crippen molar-refractivity contribution in [2.75, 3.05) is 6.79 Å². The average molecular weight is 401 g/mol. The fourth-order valence-electron chi connectivity index (χ4n) is 2.05. The van der Waals surface area contributed by atoms with Crippen molar-refractivity contribution in [1.82, 2.24) is 5.32 Å². The lowest BCUT2D eigenvalue weighted by Gasteiger charge is -2.06. The molecule has 1 N–H and O–H groups in total. The second-order valence-electron chi connectivity index (χ2n) is 4.42. The van der Waals surface area contributed by atoms with Crippen LogP contribution < -0.4 is 14.8 Å². The summed E-state index contributed by atoms with van der Waals surface area (Å²) >= 11 is 3.47. The predicted octanol–water partition coefficient (Wildman–Crippen LogP) is 4.05. The third-order valence-corrected chi connectivity index (χ3v) is 3.48. The van der Waals surface area contributed by atoms with Crippen LogP contribution in [0.5, 0.6) is 11.5 Å². The Balaban J connectivity index is 0.00000147. The Hall–Kier alpha value is -1.04. The summed E-state index contributed by atoms with van der Waals surface area (Å²) in [5.74, 6) is 1.66. The normalized spacial score (nSPS) is 12.1. The van der Waals surface area contributed by atoms with E-state index in [1.807, 2.05) is 24.3 Å². The molecule has 0 aliphatic carbocycles. The number of rotatable bonds is 4. The molecule has 0 atom stereocenters. The molecule has 0 saturated carbocycles. The quantitative estimate of drug-likeness (QED) is 0.839. The van der Waals surface area contributed by atoms with Crippen molar-refractivity contribution in [3.8, 4) is 11.5 Å². The zero-order chi connectivity index (χ0) is 13.1. The number of benzene rings is 2. The lowest BCUT2D eigenvalue weighted by Crippen LogP contribution is -2.12. The molecule has 106 valence electrons. The van der Waals surface area contributed by atoms with Crippen LogP contribution in [0.15, 0.2) is 46.9 Å². The van der Waals surface area contributed by atoms with Gasteiger partial charge in [0, 0.05) is 17.6 Å². The first-order valence-electron chi connectivity index (χ1n) is 6.15. The van der Waals surface area contributed by atoms with Gasteiger partial charge in [-0.05, 0) is 35.4 Å². The van der Waals surface area contributed by atoms with Crippen molar-refractivity contribution in [2.45, 2.75) is 13.1 Å². The van der Waals surface area contributed by atoms with E-state index in [4.69, 9.17) is 9.47 Å². The summed E-state index contributed by atoms with van der Waals surface area (Å²) in [5.41, 5.74) is 2.45. The molecule has 0 unspecified atom stereocenters. The van der Waals surface area contributed by atoms with Gasteiger partial charge in [-0.15, -0.1) is 17.0 Å². The minimum atomic E-state index is 0. The van der Waals surface area contributed by atoms with Gasteiger partial charge in [0.05, 0.1) is 0 Å². The maximum atomic E-state index is 5.36. The maximum absolute atomic E-state index is 5.36. The molecule has 1 aliphatic rings. The molecule has 3 rings (SSSR count). The third-order valence-electron chi connectivity index (χ3n) is 2.98. The average Bonchev–Trinajstić information content (AvgIpc) is 2.86. The van der Waals surface area contributed by atoms with Crippen LogP contribution in [0.3, 0.4) is 0 Å². The van der Waals surface area contributed by atoms with E-state index in [0.717, 1.165) is 29.1 Å². The second kappa shape index (κ2) is 7.11. The van der Waals surface area contributed by atoms with Gasteiger partial charge in [0.25, 0.3) is 0 Å². The highest BCUT2D eigenvalue weighted by atomic mass is 79.9. The highest BCUT2D eigenvalue weighted by Gasteiger charge is 2.12. The second-order valence-corrected chi connectivity index (χ2v) is 5.34. The minimum absolute atomic E-state index is 0. The molecule has 0 spiro atoms. The van der Waals surface area contributed by atoms with E-state index in [1.165, 1.54) is 11.1 Å². The summed E-state index contributed by atoms with van der Waals surface area (Å²) in [7, 11) is 0. The molecule has 0 saturated heterocycles. The summed E-state index contributed by atoms with van der Waals surface area (Å²) in [4.78, 5) is 0. The summed E-state index contributed by atoms with van der Waals surface area (Å²) in [6.45, 7) is 1.97. The van der Waals surface area contributed by atoms with E-state index in [2.05, 4.69) is 39.4 Å². The van der Waals surface area contributed by atoms with Gasteiger partial charge in [0.1, 0.15) is 0 Å². The zero-order valence-electron chi connectivity index (χ0n) is 10.8. The summed E-state index contributed by atoms with van der Waals surface area (Å²) in [6, 6.07) is 14.3. The van der Waals surface area contributed by atoms with Crippen LogP contribution in [-0.2, 0) is 13.1 Å². The molecule has 1 aliphatic heterocycles. The molecule has 2 aromatic carbocycles. The lowest BCUT2D eigenvalue weighted by molar-refractivity contribution is 0.174. The van der Waals surface area contributed by atoms with Gasteiger partial charge in [-0.25, -0.2) is 0 Å². The van der Waals surface area contributed by atoms with Gasteiger partial charge in [0.15, 0.2) is 11.5 Å². The largest absolute Gasteiger partial charge is 0.454 e. The van der Waals surface area contributed by atoms with Crippen molar-refractivity contribution in [2.24, 2.45) is 0 Å². The first-order valence-corrected chi connectivity index (χ1v) is 6.94.